The topological polar surface area (TPSA) is 138 Å². The zero-order valence-corrected chi connectivity index (χ0v) is 19.3. The maximum absolute atomic E-state index is 13.6. The Morgan fingerprint density at radius 3 is 2.60 bits per heavy atom. The monoisotopic (exact) mass is 521 g/mol. The van der Waals surface area contributed by atoms with Gasteiger partial charge in [0.25, 0.3) is 0 Å². The minimum Gasteiger partial charge on any atom is -0.476 e. The van der Waals surface area contributed by atoms with Crippen molar-refractivity contribution in [3.05, 3.63) is 58.6 Å². The fourth-order valence-corrected chi connectivity index (χ4v) is 4.24. The zero-order chi connectivity index (χ0) is 25.6. The molecule has 3 rings (SSSR count). The number of hydrogen-bond acceptors (Lipinski definition) is 9. The number of carbonyl (C=O) groups is 2. The van der Waals surface area contributed by atoms with E-state index in [4.69, 9.17) is 5.11 Å². The lowest BCUT2D eigenvalue weighted by Gasteiger charge is -2.14. The highest BCUT2D eigenvalue weighted by atomic mass is 32.2. The molecule has 0 bridgehead atoms. The van der Waals surface area contributed by atoms with Crippen LogP contribution in [0.25, 0.3) is 11.3 Å². The Morgan fingerprint density at radius 1 is 1.29 bits per heavy atom. The average Bonchev–Trinajstić information content (AvgIpc) is 3.28. The molecule has 1 amide bonds. The summed E-state index contributed by atoms with van der Waals surface area (Å²) in [6, 6.07) is 10.5. The van der Waals surface area contributed by atoms with Crippen LogP contribution in [-0.4, -0.2) is 45.5 Å². The molecular formula is C21H14F3N5O4S2. The second-order valence-electron chi connectivity index (χ2n) is 6.51. The van der Waals surface area contributed by atoms with Crippen LogP contribution >= 0.6 is 23.1 Å². The molecular weight excluding hydrogens is 507 g/mol. The van der Waals surface area contributed by atoms with E-state index in [0.29, 0.717) is 17.3 Å². The van der Waals surface area contributed by atoms with E-state index < -0.39 is 34.9 Å². The van der Waals surface area contributed by atoms with Crippen molar-refractivity contribution < 1.29 is 32.7 Å². The van der Waals surface area contributed by atoms with Gasteiger partial charge in [-0.2, -0.15) is 18.4 Å². The number of nitrogens with one attached hydrogen (secondary N) is 1. The third kappa shape index (κ3) is 6.34. The number of nitrogens with zero attached hydrogens (tertiary/aromatic N) is 4. The predicted octanol–water partition coefficient (Wildman–Crippen LogP) is 4.26. The van der Waals surface area contributed by atoms with Gasteiger partial charge in [-0.3, -0.25) is 4.79 Å². The highest BCUT2D eigenvalue weighted by Crippen LogP contribution is 2.38. The molecule has 2 N–H and O–H groups in total. The predicted molar refractivity (Wildman–Crippen MR) is 122 cm³/mol. The molecule has 0 aliphatic rings. The Labute approximate surface area is 204 Å². The summed E-state index contributed by atoms with van der Waals surface area (Å²) in [6.07, 6.45) is -4.81. The Morgan fingerprint density at radius 2 is 2.00 bits per heavy atom. The summed E-state index contributed by atoms with van der Waals surface area (Å²) in [5, 5.41) is 25.4. The number of thioether (sulfide) groups is 1. The van der Waals surface area contributed by atoms with Crippen molar-refractivity contribution in [2.24, 2.45) is 5.16 Å². The van der Waals surface area contributed by atoms with E-state index >= 15 is 0 Å². The number of nitriles is 1. The number of carboxylic acid groups (broad SMARTS) is 1. The zero-order valence-electron chi connectivity index (χ0n) is 17.7. The molecule has 0 spiro atoms. The molecule has 0 atom stereocenters. The third-order valence-corrected chi connectivity index (χ3v) is 5.92. The molecule has 14 heteroatoms. The quantitative estimate of drug-likeness (QED) is 0.255. The molecule has 180 valence electrons. The number of aromatic nitrogens is 2. The third-order valence-electron chi connectivity index (χ3n) is 4.19. The number of alkyl halides is 3. The summed E-state index contributed by atoms with van der Waals surface area (Å²) in [4.78, 5) is 36.2. The summed E-state index contributed by atoms with van der Waals surface area (Å²) < 4.78 is 40.9. The molecule has 1 aromatic carbocycles. The fraction of sp³-hybridized carbons (Fsp3) is 0.143. The van der Waals surface area contributed by atoms with Crippen molar-refractivity contribution >= 4 is 45.8 Å². The Bertz CT molecular complexity index is 1320. The van der Waals surface area contributed by atoms with E-state index in [2.05, 4.69) is 25.3 Å². The smallest absolute Gasteiger partial charge is 0.417 e. The van der Waals surface area contributed by atoms with Gasteiger partial charge >= 0.3 is 12.1 Å². The van der Waals surface area contributed by atoms with Crippen LogP contribution in [0.15, 0.2) is 52.0 Å². The van der Waals surface area contributed by atoms with Gasteiger partial charge in [-0.15, -0.1) is 11.3 Å². The van der Waals surface area contributed by atoms with E-state index in [-0.39, 0.29) is 27.3 Å². The number of amides is 1. The first-order valence-electron chi connectivity index (χ1n) is 9.44. The number of hydrogen-bond donors (Lipinski definition) is 2. The van der Waals surface area contributed by atoms with Gasteiger partial charge in [0.2, 0.25) is 11.6 Å². The van der Waals surface area contributed by atoms with E-state index in [1.54, 1.807) is 30.3 Å². The van der Waals surface area contributed by atoms with Crippen LogP contribution in [0, 0.1) is 11.3 Å². The van der Waals surface area contributed by atoms with E-state index in [1.807, 2.05) is 0 Å². The first-order chi connectivity index (χ1) is 16.6. The average molecular weight is 522 g/mol. The highest BCUT2D eigenvalue weighted by Gasteiger charge is 2.36. The molecule has 0 fully saturated rings. The van der Waals surface area contributed by atoms with Crippen LogP contribution in [-0.2, 0) is 20.6 Å². The minimum atomic E-state index is -4.81. The standard InChI is InChI=1S/C21H14F3N5O4S2/c1-33-29-17(19(31)32)15-9-35-20(27-15)28-16(30)10-34-18-12(8-25)13(21(22,23)24)7-14(26-18)11-5-3-2-4-6-11/h2-7,9H,10H2,1H3,(H,31,32)(H,27,28,30)/b29-17-. The van der Waals surface area contributed by atoms with Gasteiger partial charge in [0, 0.05) is 10.9 Å². The van der Waals surface area contributed by atoms with Crippen LogP contribution in [0.4, 0.5) is 18.3 Å². The number of benzene rings is 1. The van der Waals surface area contributed by atoms with Gasteiger partial charge in [-0.25, -0.2) is 14.8 Å². The number of pyridine rings is 1. The second kappa shape index (κ2) is 11.0. The number of aliphatic carboxylic acids is 1. The van der Waals surface area contributed by atoms with Crippen molar-refractivity contribution in [1.29, 1.82) is 5.26 Å². The number of carbonyl (C=O) groups excluding carboxylic acids is 1. The molecule has 3 aromatic rings. The molecule has 35 heavy (non-hydrogen) atoms. The van der Waals surface area contributed by atoms with Crippen molar-refractivity contribution in [1.82, 2.24) is 9.97 Å². The minimum absolute atomic E-state index is 0.00280. The van der Waals surface area contributed by atoms with Gasteiger partial charge in [-0.1, -0.05) is 47.2 Å². The van der Waals surface area contributed by atoms with E-state index in [9.17, 15) is 28.0 Å². The molecule has 2 aromatic heterocycles. The number of halogens is 3. The molecule has 0 radical (unpaired) electrons. The van der Waals surface area contributed by atoms with E-state index in [1.165, 1.54) is 11.4 Å². The molecule has 0 saturated heterocycles. The summed E-state index contributed by atoms with van der Waals surface area (Å²) in [5.74, 6) is -2.43. The number of thiazole rings is 1. The molecule has 9 nitrogen and oxygen atoms in total. The van der Waals surface area contributed by atoms with Crippen LogP contribution in [0.3, 0.4) is 0 Å². The maximum atomic E-state index is 13.6. The maximum Gasteiger partial charge on any atom is 0.417 e. The van der Waals surface area contributed by atoms with Gasteiger partial charge in [0.15, 0.2) is 5.13 Å². The molecule has 0 saturated carbocycles. The second-order valence-corrected chi connectivity index (χ2v) is 8.34. The summed E-state index contributed by atoms with van der Waals surface area (Å²) in [5.41, 5.74) is -1.95. The molecule has 2 heterocycles. The van der Waals surface area contributed by atoms with Crippen molar-refractivity contribution in [3.8, 4) is 17.3 Å². The van der Waals surface area contributed by atoms with Crippen LogP contribution in [0.5, 0.6) is 0 Å². The number of anilines is 1. The Balaban J connectivity index is 1.83. The molecule has 0 unspecified atom stereocenters. The summed E-state index contributed by atoms with van der Waals surface area (Å²) >= 11 is 1.57. The number of carboxylic acids is 1. The molecule has 0 aliphatic heterocycles. The number of rotatable bonds is 8. The number of oxime groups is 1. The Kier molecular flexibility index (Phi) is 8.05. The summed E-state index contributed by atoms with van der Waals surface area (Å²) in [7, 11) is 1.16. The van der Waals surface area contributed by atoms with Gasteiger partial charge in [-0.05, 0) is 6.07 Å². The fourth-order valence-electron chi connectivity index (χ4n) is 2.73. The Hall–Kier alpha value is -3.96. The lowest BCUT2D eigenvalue weighted by Crippen LogP contribution is -2.17. The van der Waals surface area contributed by atoms with E-state index in [0.717, 1.165) is 24.5 Å². The van der Waals surface area contributed by atoms with Crippen molar-refractivity contribution in [3.63, 3.8) is 0 Å². The highest BCUT2D eigenvalue weighted by molar-refractivity contribution is 8.00. The SMILES string of the molecule is CO/N=C(\C(=O)O)c1csc(NC(=O)CSc2nc(-c3ccccc3)cc(C(F)(F)F)c2C#N)n1. The van der Waals surface area contributed by atoms with Crippen molar-refractivity contribution in [2.45, 2.75) is 11.2 Å². The van der Waals surface area contributed by atoms with Crippen molar-refractivity contribution in [2.75, 3.05) is 18.2 Å². The van der Waals surface area contributed by atoms with Crippen LogP contribution < -0.4 is 5.32 Å². The normalized spacial score (nSPS) is 11.6. The summed E-state index contributed by atoms with van der Waals surface area (Å²) in [6.45, 7) is 0. The van der Waals surface area contributed by atoms with Gasteiger partial charge < -0.3 is 15.3 Å². The van der Waals surface area contributed by atoms with Gasteiger partial charge in [0.05, 0.1) is 22.6 Å². The lowest BCUT2D eigenvalue weighted by atomic mass is 10.1. The molecule has 0 aliphatic carbocycles. The largest absolute Gasteiger partial charge is 0.476 e. The van der Waals surface area contributed by atoms with Crippen LogP contribution in [0.1, 0.15) is 16.8 Å². The first-order valence-corrected chi connectivity index (χ1v) is 11.3. The first kappa shape index (κ1) is 25.7. The lowest BCUT2D eigenvalue weighted by molar-refractivity contribution is -0.138. The van der Waals surface area contributed by atoms with Gasteiger partial charge in [0.1, 0.15) is 23.9 Å². The van der Waals surface area contributed by atoms with Crippen LogP contribution in [0.2, 0.25) is 0 Å².